The van der Waals surface area contributed by atoms with E-state index in [-0.39, 0.29) is 53.1 Å². The van der Waals surface area contributed by atoms with Gasteiger partial charge >= 0.3 is 18.0 Å². The molecule has 1 aromatic heterocycles. The predicted octanol–water partition coefficient (Wildman–Crippen LogP) is 10.6. The molecule has 1 amide bonds. The van der Waals surface area contributed by atoms with Crippen LogP contribution in [0.4, 0.5) is 4.79 Å². The predicted molar refractivity (Wildman–Crippen MR) is 221 cm³/mol. The molecule has 1 N–H and O–H groups in total. The van der Waals surface area contributed by atoms with Gasteiger partial charge in [-0.1, -0.05) is 65.7 Å². The monoisotopic (exact) mass is 789 g/mol. The van der Waals surface area contributed by atoms with Crippen LogP contribution in [0.2, 0.25) is 0 Å². The zero-order valence-corrected chi connectivity index (χ0v) is 37.2. The molecule has 5 aliphatic rings. The zero-order chi connectivity index (χ0) is 42.1. The molecule has 0 spiro atoms. The summed E-state index contributed by atoms with van der Waals surface area (Å²) in [6.45, 7) is 25.8. The van der Waals surface area contributed by atoms with Gasteiger partial charge in [-0.05, 0) is 150 Å². The van der Waals surface area contributed by atoms with E-state index in [1.807, 2.05) is 32.9 Å². The maximum atomic E-state index is 15.1. The number of carbonyl (C=O) groups is 4. The number of ketones is 1. The van der Waals surface area contributed by atoms with Gasteiger partial charge in [-0.3, -0.25) is 24.3 Å². The van der Waals surface area contributed by atoms with E-state index >= 15 is 4.79 Å². The summed E-state index contributed by atoms with van der Waals surface area (Å²) in [5.41, 5.74) is 1.16. The number of rotatable bonds is 10. The molecule has 1 heterocycles. The fraction of sp³-hybridized carbons (Fsp3) is 0.771. The highest BCUT2D eigenvalue weighted by molar-refractivity contribution is 5.93. The van der Waals surface area contributed by atoms with Crippen molar-refractivity contribution in [2.45, 2.75) is 172 Å². The molecular weight excluding hydrogens is 717 g/mol. The van der Waals surface area contributed by atoms with Crippen molar-refractivity contribution >= 4 is 23.8 Å². The first kappa shape index (κ1) is 43.4. The van der Waals surface area contributed by atoms with Crippen molar-refractivity contribution in [2.24, 2.45) is 56.2 Å². The van der Waals surface area contributed by atoms with Crippen molar-refractivity contribution in [3.8, 4) is 0 Å². The molecule has 4 saturated carbocycles. The van der Waals surface area contributed by atoms with Gasteiger partial charge in [-0.25, -0.2) is 4.79 Å². The summed E-state index contributed by atoms with van der Waals surface area (Å²) in [7, 11) is 0. The molecule has 9 heteroatoms. The van der Waals surface area contributed by atoms with Crippen LogP contribution in [0.25, 0.3) is 0 Å². The largest absolute Gasteiger partial charge is 0.481 e. The molecule has 57 heavy (non-hydrogen) atoms. The van der Waals surface area contributed by atoms with Crippen molar-refractivity contribution in [2.75, 3.05) is 6.54 Å². The Bertz CT molecular complexity index is 1780. The number of hydrogen-bond acceptors (Lipinski definition) is 7. The van der Waals surface area contributed by atoms with Gasteiger partial charge in [0.25, 0.3) is 0 Å². The first-order chi connectivity index (χ1) is 26.3. The third-order valence-corrected chi connectivity index (χ3v) is 16.7. The Hall–Kier alpha value is -3.23. The first-order valence-electron chi connectivity index (χ1n) is 21.9. The number of fused-ring (bicyclic) bond motifs is 7. The summed E-state index contributed by atoms with van der Waals surface area (Å²) in [6.07, 6.45) is 12.2. The van der Waals surface area contributed by atoms with Gasteiger partial charge < -0.3 is 14.6 Å². The number of carboxylic acids is 1. The third kappa shape index (κ3) is 7.38. The fourth-order valence-corrected chi connectivity index (χ4v) is 13.5. The normalized spacial score (nSPS) is 34.7. The highest BCUT2D eigenvalue weighted by Gasteiger charge is 2.70. The van der Waals surface area contributed by atoms with Gasteiger partial charge in [0.15, 0.2) is 5.78 Å². The summed E-state index contributed by atoms with van der Waals surface area (Å²) < 4.78 is 12.1. The number of aliphatic carboxylic acids is 1. The van der Waals surface area contributed by atoms with Crippen molar-refractivity contribution in [3.63, 3.8) is 0 Å². The fourth-order valence-electron chi connectivity index (χ4n) is 13.5. The van der Waals surface area contributed by atoms with Gasteiger partial charge in [-0.15, -0.1) is 0 Å². The Kier molecular flexibility index (Phi) is 11.3. The molecule has 316 valence electrons. The Balaban J connectivity index is 1.28. The number of nitrogens with zero attached hydrogens (tertiary/aromatic N) is 2. The van der Waals surface area contributed by atoms with Gasteiger partial charge in [0, 0.05) is 17.8 Å². The van der Waals surface area contributed by atoms with E-state index in [2.05, 4.69) is 53.5 Å². The second-order valence-corrected chi connectivity index (χ2v) is 22.1. The summed E-state index contributed by atoms with van der Waals surface area (Å²) in [6, 6.07) is 3.80. The second-order valence-electron chi connectivity index (χ2n) is 22.1. The highest BCUT2D eigenvalue weighted by atomic mass is 16.6. The molecule has 5 aliphatic carbocycles. The number of pyridine rings is 1. The lowest BCUT2D eigenvalue weighted by molar-refractivity contribution is -0.233. The van der Waals surface area contributed by atoms with Crippen LogP contribution < -0.4 is 0 Å². The molecule has 0 radical (unpaired) electrons. The van der Waals surface area contributed by atoms with Crippen LogP contribution in [0.1, 0.15) is 159 Å². The number of carboxylic acid groups (broad SMARTS) is 1. The van der Waals surface area contributed by atoms with Crippen molar-refractivity contribution < 1.29 is 33.8 Å². The summed E-state index contributed by atoms with van der Waals surface area (Å²) in [5, 5.41) is 9.65. The molecule has 0 saturated heterocycles. The lowest BCUT2D eigenvalue weighted by Crippen LogP contribution is -2.66. The van der Waals surface area contributed by atoms with Gasteiger partial charge in [0.2, 0.25) is 0 Å². The van der Waals surface area contributed by atoms with Crippen molar-refractivity contribution in [3.05, 3.63) is 41.2 Å². The van der Waals surface area contributed by atoms with Gasteiger partial charge in [0.05, 0.1) is 30.3 Å². The number of carbonyl (C=O) groups excluding carboxylic acids is 3. The standard InChI is InChI=1S/C48H72N2O7/c1-30(2)32-17-22-48(36(51)29-50(41(55)57-42(3,4)5)28-31-14-13-25-49-27-31)24-23-46(11)33(39(32)48)15-16-35-45(10)20-19-37(56-38(52)26-43(6,7)40(53)54)44(8,9)34(45)18-21-47(35,46)12/h13-14,25,27,30,33-35,37H,15-24,26,28-29H2,1-12H3,(H,53,54)/t33-,34+,35-,37+,45+,46-,47-,48-/m1/s1. The number of allylic oxidation sites excluding steroid dienone is 2. The number of aromatic nitrogens is 1. The summed E-state index contributed by atoms with van der Waals surface area (Å²) in [5.74, 6) is 0.223. The smallest absolute Gasteiger partial charge is 0.410 e. The third-order valence-electron chi connectivity index (χ3n) is 16.7. The maximum absolute atomic E-state index is 15.1. The van der Waals surface area contributed by atoms with Crippen LogP contribution in [-0.4, -0.2) is 57.1 Å². The summed E-state index contributed by atoms with van der Waals surface area (Å²) >= 11 is 0. The molecule has 6 rings (SSSR count). The Morgan fingerprint density at radius 2 is 1.60 bits per heavy atom. The van der Waals surface area contributed by atoms with Gasteiger partial charge in [-0.2, -0.15) is 0 Å². The van der Waals surface area contributed by atoms with E-state index in [4.69, 9.17) is 9.47 Å². The first-order valence-corrected chi connectivity index (χ1v) is 21.9. The average molecular weight is 789 g/mol. The zero-order valence-electron chi connectivity index (χ0n) is 37.2. The number of ether oxygens (including phenoxy) is 2. The molecular formula is C48H72N2O7. The van der Waals surface area contributed by atoms with Crippen LogP contribution in [0, 0.1) is 56.2 Å². The number of hydrogen-bond donors (Lipinski definition) is 1. The second kappa shape index (κ2) is 14.8. The molecule has 0 unspecified atom stereocenters. The summed E-state index contributed by atoms with van der Waals surface area (Å²) in [4.78, 5) is 59.7. The van der Waals surface area contributed by atoms with E-state index in [9.17, 15) is 19.5 Å². The quantitative estimate of drug-likeness (QED) is 0.184. The lowest BCUT2D eigenvalue weighted by Gasteiger charge is -2.72. The number of amides is 1. The number of esters is 1. The van der Waals surface area contributed by atoms with Crippen LogP contribution in [-0.2, 0) is 30.4 Å². The minimum Gasteiger partial charge on any atom is -0.481 e. The van der Waals surface area contributed by atoms with E-state index in [0.717, 1.165) is 69.8 Å². The SMILES string of the molecule is CC(C)C1=C2[C@H]3CC[C@@H]4[C@@]5(C)CC[C@H](OC(=O)CC(C)(C)C(=O)O)C(C)(C)[C@@H]5CC[C@@]4(C)[C@]3(C)CC[C@@]2(C(=O)CN(Cc2cccnc2)C(=O)OC(C)(C)C)CC1. The average Bonchev–Trinajstić information content (AvgIpc) is 3.50. The van der Waals surface area contributed by atoms with E-state index in [1.165, 1.54) is 11.1 Å². The molecule has 8 atom stereocenters. The Morgan fingerprint density at radius 1 is 0.895 bits per heavy atom. The molecule has 9 nitrogen and oxygen atoms in total. The topological polar surface area (TPSA) is 123 Å². The van der Waals surface area contributed by atoms with E-state index in [0.29, 0.717) is 23.7 Å². The van der Waals surface area contributed by atoms with Crippen LogP contribution in [0.5, 0.6) is 0 Å². The van der Waals surface area contributed by atoms with E-state index in [1.54, 1.807) is 31.1 Å². The minimum absolute atomic E-state index is 0.00389. The Labute approximate surface area is 342 Å². The van der Waals surface area contributed by atoms with Crippen molar-refractivity contribution in [1.29, 1.82) is 0 Å². The minimum atomic E-state index is -1.17. The lowest BCUT2D eigenvalue weighted by atomic mass is 9.33. The van der Waals surface area contributed by atoms with Crippen LogP contribution >= 0.6 is 0 Å². The van der Waals surface area contributed by atoms with Crippen LogP contribution in [0.3, 0.4) is 0 Å². The van der Waals surface area contributed by atoms with Gasteiger partial charge in [0.1, 0.15) is 11.7 Å². The molecule has 0 aliphatic heterocycles. The van der Waals surface area contributed by atoms with Crippen molar-refractivity contribution in [1.82, 2.24) is 9.88 Å². The maximum Gasteiger partial charge on any atom is 0.410 e. The number of Topliss-reactive ketones (excluding diaryl/α,β-unsaturated/α-hetero) is 1. The molecule has 0 aromatic carbocycles. The Morgan fingerprint density at radius 3 is 2.21 bits per heavy atom. The van der Waals surface area contributed by atoms with Crippen LogP contribution in [0.15, 0.2) is 35.7 Å². The molecule has 0 bridgehead atoms. The highest BCUT2D eigenvalue weighted by Crippen LogP contribution is 2.77. The molecule has 1 aromatic rings. The molecule has 4 fully saturated rings. The van der Waals surface area contributed by atoms with E-state index < -0.39 is 34.5 Å².